The van der Waals surface area contributed by atoms with E-state index in [4.69, 9.17) is 5.11 Å². The second-order valence-electron chi connectivity index (χ2n) is 5.74. The minimum Gasteiger partial charge on any atom is -0.481 e. The van der Waals surface area contributed by atoms with E-state index in [1.807, 2.05) is 0 Å². The molecular formula is C15H22F2O4. The number of carbonyl (C=O) groups is 3. The minimum absolute atomic E-state index is 0.132. The fourth-order valence-electron chi connectivity index (χ4n) is 2.83. The molecule has 0 spiro atoms. The van der Waals surface area contributed by atoms with Crippen LogP contribution >= 0.6 is 0 Å². The number of rotatable bonds is 9. The molecule has 1 rings (SSSR count). The number of unbranched alkanes of at least 4 members (excludes halogenated alkanes) is 1. The summed E-state index contributed by atoms with van der Waals surface area (Å²) in [6.07, 6.45) is 0.833. The quantitative estimate of drug-likeness (QED) is 0.710. The van der Waals surface area contributed by atoms with Crippen LogP contribution < -0.4 is 0 Å². The van der Waals surface area contributed by atoms with E-state index < -0.39 is 30.0 Å². The summed E-state index contributed by atoms with van der Waals surface area (Å²) in [5.41, 5.74) is 0. The van der Waals surface area contributed by atoms with Gasteiger partial charge in [-0.05, 0) is 25.2 Å². The van der Waals surface area contributed by atoms with E-state index in [0.29, 0.717) is 19.3 Å². The van der Waals surface area contributed by atoms with Crippen LogP contribution in [0.15, 0.2) is 0 Å². The molecule has 0 aromatic heterocycles. The average Bonchev–Trinajstić information content (AvgIpc) is 2.74. The Balaban J connectivity index is 2.51. The number of hydrogen-bond donors (Lipinski definition) is 1. The molecule has 0 aliphatic heterocycles. The fraction of sp³-hybridized carbons (Fsp3) is 0.800. The fourth-order valence-corrected chi connectivity index (χ4v) is 2.83. The van der Waals surface area contributed by atoms with Crippen molar-refractivity contribution in [1.29, 1.82) is 0 Å². The Labute approximate surface area is 122 Å². The number of carbonyl (C=O) groups excluding carboxylic acids is 2. The lowest BCUT2D eigenvalue weighted by molar-refractivity contribution is -0.144. The number of alkyl halides is 2. The van der Waals surface area contributed by atoms with Crippen molar-refractivity contribution in [2.45, 2.75) is 64.2 Å². The minimum atomic E-state index is -3.30. The molecule has 1 N–H and O–H groups in total. The summed E-state index contributed by atoms with van der Waals surface area (Å²) in [5, 5.41) is 8.77. The summed E-state index contributed by atoms with van der Waals surface area (Å²) in [5.74, 6) is -6.49. The summed E-state index contributed by atoms with van der Waals surface area (Å²) in [4.78, 5) is 33.9. The highest BCUT2D eigenvalue weighted by Gasteiger charge is 2.40. The number of hydrogen-bond acceptors (Lipinski definition) is 3. The Morgan fingerprint density at radius 1 is 1.38 bits per heavy atom. The van der Waals surface area contributed by atoms with Gasteiger partial charge in [-0.3, -0.25) is 14.4 Å². The second-order valence-corrected chi connectivity index (χ2v) is 5.74. The molecule has 21 heavy (non-hydrogen) atoms. The van der Waals surface area contributed by atoms with Crippen LogP contribution in [-0.4, -0.2) is 28.6 Å². The molecule has 0 radical (unpaired) electrons. The summed E-state index contributed by atoms with van der Waals surface area (Å²) in [6.45, 7) is 1.78. The first-order valence-corrected chi connectivity index (χ1v) is 7.43. The maximum Gasteiger partial charge on any atom is 0.305 e. The van der Waals surface area contributed by atoms with Crippen molar-refractivity contribution >= 4 is 17.5 Å². The van der Waals surface area contributed by atoms with Crippen LogP contribution in [0.4, 0.5) is 8.78 Å². The van der Waals surface area contributed by atoms with E-state index >= 15 is 0 Å². The lowest BCUT2D eigenvalue weighted by atomic mass is 9.87. The Kier molecular flexibility index (Phi) is 6.42. The largest absolute Gasteiger partial charge is 0.481 e. The van der Waals surface area contributed by atoms with Gasteiger partial charge in [-0.15, -0.1) is 0 Å². The Bertz CT molecular complexity index is 406. The van der Waals surface area contributed by atoms with Crippen LogP contribution in [0.5, 0.6) is 0 Å². The maximum atomic E-state index is 13.6. The molecule has 1 aliphatic carbocycles. The van der Waals surface area contributed by atoms with E-state index in [2.05, 4.69) is 0 Å². The first-order valence-electron chi connectivity index (χ1n) is 7.43. The summed E-state index contributed by atoms with van der Waals surface area (Å²) >= 11 is 0. The van der Waals surface area contributed by atoms with Gasteiger partial charge < -0.3 is 5.11 Å². The van der Waals surface area contributed by atoms with E-state index in [1.54, 1.807) is 6.92 Å². The van der Waals surface area contributed by atoms with Crippen molar-refractivity contribution < 1.29 is 28.3 Å². The molecule has 1 fully saturated rings. The van der Waals surface area contributed by atoms with E-state index in [0.717, 1.165) is 0 Å². The molecule has 0 heterocycles. The van der Waals surface area contributed by atoms with Crippen LogP contribution in [0.3, 0.4) is 0 Å². The van der Waals surface area contributed by atoms with Crippen molar-refractivity contribution in [2.24, 2.45) is 11.8 Å². The third-order valence-corrected chi connectivity index (χ3v) is 4.13. The van der Waals surface area contributed by atoms with Gasteiger partial charge in [0.1, 0.15) is 5.78 Å². The van der Waals surface area contributed by atoms with E-state index in [1.165, 1.54) is 0 Å². The van der Waals surface area contributed by atoms with Crippen molar-refractivity contribution in [2.75, 3.05) is 0 Å². The monoisotopic (exact) mass is 304 g/mol. The average molecular weight is 304 g/mol. The predicted molar refractivity (Wildman–Crippen MR) is 72.2 cm³/mol. The molecule has 0 saturated heterocycles. The second kappa shape index (κ2) is 7.61. The number of ketones is 2. The van der Waals surface area contributed by atoms with Crippen molar-refractivity contribution in [3.05, 3.63) is 0 Å². The van der Waals surface area contributed by atoms with Crippen LogP contribution in [0, 0.1) is 11.8 Å². The Morgan fingerprint density at radius 2 is 2.05 bits per heavy atom. The van der Waals surface area contributed by atoms with Gasteiger partial charge in [0, 0.05) is 25.2 Å². The number of halogens is 2. The molecular weight excluding hydrogens is 282 g/mol. The Morgan fingerprint density at radius 3 is 2.62 bits per heavy atom. The molecule has 0 amide bonds. The highest BCUT2D eigenvalue weighted by Crippen LogP contribution is 2.36. The molecule has 0 aromatic carbocycles. The number of carboxylic acid groups (broad SMARTS) is 1. The van der Waals surface area contributed by atoms with Gasteiger partial charge in [0.2, 0.25) is 5.78 Å². The zero-order valence-corrected chi connectivity index (χ0v) is 12.2. The summed E-state index contributed by atoms with van der Waals surface area (Å²) in [6, 6.07) is 0. The normalized spacial score (nSPS) is 22.5. The van der Waals surface area contributed by atoms with Gasteiger partial charge in [0.15, 0.2) is 0 Å². The van der Waals surface area contributed by atoms with Gasteiger partial charge in [0.05, 0.1) is 6.42 Å². The van der Waals surface area contributed by atoms with Crippen LogP contribution in [0.1, 0.15) is 58.3 Å². The van der Waals surface area contributed by atoms with Gasteiger partial charge in [-0.1, -0.05) is 13.3 Å². The zero-order chi connectivity index (χ0) is 16.0. The number of Topliss-reactive ketones (excluding diaryl/α,β-unsaturated/α-hetero) is 2. The Hall–Kier alpha value is -1.33. The first-order chi connectivity index (χ1) is 9.77. The number of carboxylic acids is 1. The molecule has 120 valence electrons. The predicted octanol–water partition coefficient (Wildman–Crippen LogP) is 3.23. The molecule has 2 atom stereocenters. The summed E-state index contributed by atoms with van der Waals surface area (Å²) < 4.78 is 27.1. The lowest BCUT2D eigenvalue weighted by Gasteiger charge is -2.18. The van der Waals surface area contributed by atoms with Crippen molar-refractivity contribution in [1.82, 2.24) is 0 Å². The summed E-state index contributed by atoms with van der Waals surface area (Å²) in [7, 11) is 0. The van der Waals surface area contributed by atoms with Gasteiger partial charge in [-0.25, -0.2) is 0 Å². The smallest absolute Gasteiger partial charge is 0.305 e. The van der Waals surface area contributed by atoms with Crippen molar-refractivity contribution in [3.8, 4) is 0 Å². The SMILES string of the molecule is CCCCC(F)(F)C(=O)CC[C@H]1CCC(=O)[C@@H]1CC(=O)O. The molecule has 4 nitrogen and oxygen atoms in total. The standard InChI is InChI=1S/C15H22F2O4/c1-2-3-8-15(16,17)13(19)7-5-10-4-6-12(18)11(10)9-14(20)21/h10-11H,2-9H2,1H3,(H,20,21)/t10-,11-/m1/s1. The molecule has 0 aromatic rings. The highest BCUT2D eigenvalue weighted by molar-refractivity contribution is 5.88. The van der Waals surface area contributed by atoms with Crippen LogP contribution in [0.2, 0.25) is 0 Å². The molecule has 1 aliphatic rings. The number of aliphatic carboxylic acids is 1. The van der Waals surface area contributed by atoms with E-state index in [-0.39, 0.29) is 37.4 Å². The molecule has 0 bridgehead atoms. The first kappa shape index (κ1) is 17.7. The zero-order valence-electron chi connectivity index (χ0n) is 12.2. The van der Waals surface area contributed by atoms with Crippen LogP contribution in [0.25, 0.3) is 0 Å². The van der Waals surface area contributed by atoms with Gasteiger partial charge in [0.25, 0.3) is 0 Å². The van der Waals surface area contributed by atoms with Crippen LogP contribution in [-0.2, 0) is 14.4 Å². The topological polar surface area (TPSA) is 71.4 Å². The lowest BCUT2D eigenvalue weighted by Crippen LogP contribution is -2.29. The molecule has 6 heteroatoms. The third kappa shape index (κ3) is 5.17. The molecule has 1 saturated carbocycles. The van der Waals surface area contributed by atoms with E-state index in [9.17, 15) is 23.2 Å². The van der Waals surface area contributed by atoms with Gasteiger partial charge >= 0.3 is 11.9 Å². The highest BCUT2D eigenvalue weighted by atomic mass is 19.3. The van der Waals surface area contributed by atoms with Crippen molar-refractivity contribution in [3.63, 3.8) is 0 Å². The molecule has 0 unspecified atom stereocenters. The third-order valence-electron chi connectivity index (χ3n) is 4.13. The van der Waals surface area contributed by atoms with Gasteiger partial charge in [-0.2, -0.15) is 8.78 Å². The maximum absolute atomic E-state index is 13.6.